The van der Waals surface area contributed by atoms with Gasteiger partial charge in [-0.15, -0.1) is 0 Å². The fraction of sp³-hybridized carbons (Fsp3) is 0.261. The molecule has 0 unspecified atom stereocenters. The van der Waals surface area contributed by atoms with Crippen LogP contribution in [0.1, 0.15) is 5.56 Å². The summed E-state index contributed by atoms with van der Waals surface area (Å²) in [6.07, 6.45) is 8.75. The molecule has 0 aliphatic carbocycles. The molecule has 0 atom stereocenters. The van der Waals surface area contributed by atoms with Crippen molar-refractivity contribution in [1.29, 1.82) is 0 Å². The van der Waals surface area contributed by atoms with E-state index >= 15 is 0 Å². The Hall–Kier alpha value is -3.29. The van der Waals surface area contributed by atoms with Gasteiger partial charge in [0, 0.05) is 62.5 Å². The van der Waals surface area contributed by atoms with Crippen LogP contribution in [-0.2, 0) is 9.53 Å². The van der Waals surface area contributed by atoms with E-state index in [9.17, 15) is 4.79 Å². The van der Waals surface area contributed by atoms with E-state index in [0.29, 0.717) is 13.2 Å². The smallest absolute Gasteiger partial charge is 0.244 e. The lowest BCUT2D eigenvalue weighted by Crippen LogP contribution is -2.33. The Kier molecular flexibility index (Phi) is 7.88. The third-order valence-corrected chi connectivity index (χ3v) is 4.58. The van der Waals surface area contributed by atoms with Crippen LogP contribution in [0.5, 0.6) is 0 Å². The zero-order valence-corrected chi connectivity index (χ0v) is 17.4. The van der Waals surface area contributed by atoms with Gasteiger partial charge >= 0.3 is 0 Å². The second-order valence-corrected chi connectivity index (χ2v) is 6.88. The van der Waals surface area contributed by atoms with Gasteiger partial charge < -0.3 is 15.0 Å². The van der Waals surface area contributed by atoms with E-state index in [1.54, 1.807) is 31.7 Å². The van der Waals surface area contributed by atoms with Crippen LogP contribution in [0.15, 0.2) is 67.1 Å². The van der Waals surface area contributed by atoms with Crippen LogP contribution in [0.3, 0.4) is 0 Å². The summed E-state index contributed by atoms with van der Waals surface area (Å²) in [5, 5.41) is 7.63. The number of carbonyl (C=O) groups is 1. The minimum absolute atomic E-state index is 0.139. The van der Waals surface area contributed by atoms with Crippen molar-refractivity contribution in [2.45, 2.75) is 0 Å². The average Bonchev–Trinajstić information content (AvgIpc) is 3.22. The maximum Gasteiger partial charge on any atom is 0.244 e. The number of nitrogens with one attached hydrogen (secondary N) is 1. The van der Waals surface area contributed by atoms with Crippen molar-refractivity contribution < 1.29 is 9.53 Å². The Morgan fingerprint density at radius 3 is 2.77 bits per heavy atom. The number of hydrogen-bond acceptors (Lipinski definition) is 5. The Balaban J connectivity index is 1.71. The highest BCUT2D eigenvalue weighted by Gasteiger charge is 2.11. The summed E-state index contributed by atoms with van der Waals surface area (Å²) >= 11 is 0. The number of amides is 1. The number of carbonyl (C=O) groups excluding carboxylic acids is 1. The minimum Gasteiger partial charge on any atom is -0.383 e. The van der Waals surface area contributed by atoms with Gasteiger partial charge in [0.15, 0.2) is 0 Å². The highest BCUT2D eigenvalue weighted by Crippen LogP contribution is 2.24. The summed E-state index contributed by atoms with van der Waals surface area (Å²) < 4.78 is 6.87. The molecule has 0 radical (unpaired) electrons. The van der Waals surface area contributed by atoms with Gasteiger partial charge in [0.05, 0.1) is 12.3 Å². The molecule has 0 bridgehead atoms. The molecule has 0 saturated heterocycles. The number of hydrogen-bond donors (Lipinski definition) is 1. The summed E-state index contributed by atoms with van der Waals surface area (Å²) in [6.45, 7) is 2.83. The largest absolute Gasteiger partial charge is 0.383 e. The summed E-state index contributed by atoms with van der Waals surface area (Å²) in [5.41, 5.74) is 3.47. The van der Waals surface area contributed by atoms with Crippen molar-refractivity contribution in [3.63, 3.8) is 0 Å². The summed E-state index contributed by atoms with van der Waals surface area (Å²) in [6, 6.07) is 13.7. The van der Waals surface area contributed by atoms with Gasteiger partial charge in [-0.2, -0.15) is 5.10 Å². The average molecular weight is 406 g/mol. The van der Waals surface area contributed by atoms with Crippen LogP contribution in [0.2, 0.25) is 0 Å². The quantitative estimate of drug-likeness (QED) is 0.525. The van der Waals surface area contributed by atoms with E-state index in [0.717, 1.165) is 35.6 Å². The molecule has 156 valence electrons. The molecule has 30 heavy (non-hydrogen) atoms. The van der Waals surface area contributed by atoms with Gasteiger partial charge in [0.2, 0.25) is 5.91 Å². The SMILES string of the molecule is COCCN(C)CCNC(=O)C=Cc1cn(-c2ccccc2)nc1-c1cccnc1. The van der Waals surface area contributed by atoms with E-state index in [-0.39, 0.29) is 5.91 Å². The summed E-state index contributed by atoms with van der Waals surface area (Å²) in [4.78, 5) is 18.6. The Morgan fingerprint density at radius 1 is 1.20 bits per heavy atom. The van der Waals surface area contributed by atoms with Crippen LogP contribution in [0, 0.1) is 0 Å². The number of methoxy groups -OCH3 is 1. The molecule has 1 N–H and O–H groups in total. The molecule has 2 aromatic heterocycles. The molecule has 2 heterocycles. The fourth-order valence-corrected chi connectivity index (χ4v) is 2.90. The second-order valence-electron chi connectivity index (χ2n) is 6.88. The zero-order valence-electron chi connectivity index (χ0n) is 17.4. The van der Waals surface area contributed by atoms with Gasteiger partial charge in [-0.3, -0.25) is 9.78 Å². The number of ether oxygens (including phenoxy) is 1. The lowest BCUT2D eigenvalue weighted by molar-refractivity contribution is -0.116. The normalized spacial score (nSPS) is 11.3. The number of rotatable bonds is 10. The lowest BCUT2D eigenvalue weighted by Gasteiger charge is -2.15. The Bertz CT molecular complexity index is 954. The predicted molar refractivity (Wildman–Crippen MR) is 118 cm³/mol. The summed E-state index contributed by atoms with van der Waals surface area (Å²) in [5.74, 6) is -0.139. The Labute approximate surface area is 177 Å². The van der Waals surface area contributed by atoms with Crippen molar-refractivity contribution in [1.82, 2.24) is 25.0 Å². The maximum atomic E-state index is 12.3. The van der Waals surface area contributed by atoms with E-state index in [1.807, 2.05) is 60.4 Å². The number of nitrogens with zero attached hydrogens (tertiary/aromatic N) is 4. The minimum atomic E-state index is -0.139. The topological polar surface area (TPSA) is 72.3 Å². The molecule has 1 aromatic carbocycles. The number of aromatic nitrogens is 3. The number of benzene rings is 1. The first-order chi connectivity index (χ1) is 14.7. The first-order valence-corrected chi connectivity index (χ1v) is 9.86. The molecule has 3 rings (SSSR count). The molecule has 0 spiro atoms. The number of likely N-dealkylation sites (N-methyl/N-ethyl adjacent to an activating group) is 1. The maximum absolute atomic E-state index is 12.3. The van der Waals surface area contributed by atoms with Crippen molar-refractivity contribution in [3.05, 3.63) is 72.7 Å². The lowest BCUT2D eigenvalue weighted by atomic mass is 10.1. The molecular weight excluding hydrogens is 378 g/mol. The van der Waals surface area contributed by atoms with E-state index in [4.69, 9.17) is 9.84 Å². The van der Waals surface area contributed by atoms with Crippen molar-refractivity contribution in [3.8, 4) is 16.9 Å². The third kappa shape index (κ3) is 6.10. The van der Waals surface area contributed by atoms with Gasteiger partial charge in [-0.05, 0) is 37.4 Å². The van der Waals surface area contributed by atoms with E-state index in [2.05, 4.69) is 15.2 Å². The van der Waals surface area contributed by atoms with Gasteiger partial charge in [0.25, 0.3) is 0 Å². The second kappa shape index (κ2) is 11.0. The summed E-state index contributed by atoms with van der Waals surface area (Å²) in [7, 11) is 3.68. The Morgan fingerprint density at radius 2 is 2.03 bits per heavy atom. The van der Waals surface area contributed by atoms with Crippen molar-refractivity contribution >= 4 is 12.0 Å². The van der Waals surface area contributed by atoms with E-state index < -0.39 is 0 Å². The van der Waals surface area contributed by atoms with Crippen molar-refractivity contribution in [2.24, 2.45) is 0 Å². The first-order valence-electron chi connectivity index (χ1n) is 9.86. The van der Waals surface area contributed by atoms with Gasteiger partial charge in [-0.25, -0.2) is 4.68 Å². The molecule has 0 fully saturated rings. The fourth-order valence-electron chi connectivity index (χ4n) is 2.90. The van der Waals surface area contributed by atoms with Crippen LogP contribution in [0.25, 0.3) is 23.0 Å². The van der Waals surface area contributed by atoms with Crippen LogP contribution in [-0.4, -0.2) is 66.0 Å². The first kappa shape index (κ1) is 21.4. The molecule has 0 aliphatic rings. The molecule has 3 aromatic rings. The molecule has 0 saturated carbocycles. The third-order valence-electron chi connectivity index (χ3n) is 4.58. The highest BCUT2D eigenvalue weighted by atomic mass is 16.5. The van der Waals surface area contributed by atoms with E-state index in [1.165, 1.54) is 0 Å². The number of para-hydroxylation sites is 1. The monoisotopic (exact) mass is 405 g/mol. The molecule has 7 heteroatoms. The van der Waals surface area contributed by atoms with Gasteiger partial charge in [-0.1, -0.05) is 18.2 Å². The molecular formula is C23H27N5O2. The number of pyridine rings is 1. The molecule has 0 aliphatic heterocycles. The predicted octanol–water partition coefficient (Wildman–Crippen LogP) is 2.64. The van der Waals surface area contributed by atoms with Gasteiger partial charge in [0.1, 0.15) is 5.69 Å². The standard InChI is InChI=1S/C23H27N5O2/c1-27(15-16-30-2)14-13-25-22(29)11-10-20-18-28(21-8-4-3-5-9-21)26-23(20)19-7-6-12-24-17-19/h3-12,17-18H,13-16H2,1-2H3,(H,25,29). The highest BCUT2D eigenvalue weighted by molar-refractivity contribution is 5.92. The van der Waals surface area contributed by atoms with Crippen LogP contribution < -0.4 is 5.32 Å². The molecule has 7 nitrogen and oxygen atoms in total. The zero-order chi connectivity index (χ0) is 21.2. The molecule has 1 amide bonds. The van der Waals surface area contributed by atoms with Crippen molar-refractivity contribution in [2.75, 3.05) is 40.4 Å². The van der Waals surface area contributed by atoms with Crippen LogP contribution in [0.4, 0.5) is 0 Å². The van der Waals surface area contributed by atoms with Crippen LogP contribution >= 0.6 is 0 Å².